The molecule has 1 aromatic carbocycles. The lowest BCUT2D eigenvalue weighted by Gasteiger charge is -2.06. The molecule has 0 aliphatic rings. The van der Waals surface area contributed by atoms with Crippen LogP contribution in [0.15, 0.2) is 28.8 Å². The Morgan fingerprint density at radius 2 is 1.83 bits per heavy atom. The lowest BCUT2D eigenvalue weighted by molar-refractivity contribution is 0.358. The molecular weight excluding hydrogens is 226 g/mol. The molecule has 4 heteroatoms. The first-order valence-electron chi connectivity index (χ1n) is 6.24. The maximum Gasteiger partial charge on any atom is 0.229 e. The monoisotopic (exact) mass is 245 g/mol. The Bertz CT molecular complexity index is 502. The summed E-state index contributed by atoms with van der Waals surface area (Å²) in [5.41, 5.74) is 7.68. The minimum Gasteiger partial charge on any atom is -0.399 e. The summed E-state index contributed by atoms with van der Waals surface area (Å²) in [5.74, 6) is 1.99. The summed E-state index contributed by atoms with van der Waals surface area (Å²) in [5, 5.41) is 4.04. The highest BCUT2D eigenvalue weighted by atomic mass is 16.5. The number of nitrogens with two attached hydrogens (primary N) is 1. The molecule has 0 radical (unpaired) electrons. The van der Waals surface area contributed by atoms with Gasteiger partial charge in [-0.1, -0.05) is 38.1 Å². The molecular formula is C14H19N3O. The van der Waals surface area contributed by atoms with Crippen LogP contribution in [-0.4, -0.2) is 10.1 Å². The lowest BCUT2D eigenvalue weighted by atomic mass is 10.0. The van der Waals surface area contributed by atoms with Crippen LogP contribution < -0.4 is 5.73 Å². The van der Waals surface area contributed by atoms with Gasteiger partial charge >= 0.3 is 0 Å². The molecule has 18 heavy (non-hydrogen) atoms. The van der Waals surface area contributed by atoms with Gasteiger partial charge in [0.2, 0.25) is 5.89 Å². The molecule has 4 nitrogen and oxygen atoms in total. The number of hydrogen-bond donors (Lipinski definition) is 1. The zero-order chi connectivity index (χ0) is 13.1. The fraction of sp³-hybridized carbons (Fsp3) is 0.429. The molecule has 0 amide bonds. The van der Waals surface area contributed by atoms with Gasteiger partial charge in [0, 0.05) is 17.5 Å². The first kappa shape index (κ1) is 12.6. The first-order chi connectivity index (χ1) is 8.56. The Kier molecular flexibility index (Phi) is 3.65. The second kappa shape index (κ2) is 5.21. The van der Waals surface area contributed by atoms with Gasteiger partial charge < -0.3 is 10.3 Å². The number of hydrogen-bond acceptors (Lipinski definition) is 4. The fourth-order valence-electron chi connectivity index (χ4n) is 1.78. The molecule has 0 fully saturated rings. The molecule has 2 aromatic rings. The van der Waals surface area contributed by atoms with Gasteiger partial charge in [0.1, 0.15) is 0 Å². The van der Waals surface area contributed by atoms with E-state index in [4.69, 9.17) is 10.3 Å². The Balaban J connectivity index is 2.06. The summed E-state index contributed by atoms with van der Waals surface area (Å²) < 4.78 is 5.22. The van der Waals surface area contributed by atoms with E-state index >= 15 is 0 Å². The van der Waals surface area contributed by atoms with Gasteiger partial charge in [0.15, 0.2) is 5.82 Å². The Hall–Kier alpha value is -1.84. The van der Waals surface area contributed by atoms with E-state index in [1.807, 2.05) is 38.1 Å². The fourth-order valence-corrected chi connectivity index (χ4v) is 1.78. The van der Waals surface area contributed by atoms with E-state index in [2.05, 4.69) is 17.1 Å². The third kappa shape index (κ3) is 2.88. The zero-order valence-corrected chi connectivity index (χ0v) is 11.1. The van der Waals surface area contributed by atoms with Crippen molar-refractivity contribution >= 4 is 5.69 Å². The maximum atomic E-state index is 5.67. The Morgan fingerprint density at radius 1 is 1.17 bits per heavy atom. The highest BCUT2D eigenvalue weighted by Crippen LogP contribution is 2.20. The van der Waals surface area contributed by atoms with E-state index in [1.54, 1.807) is 0 Å². The van der Waals surface area contributed by atoms with Crippen LogP contribution in [0.3, 0.4) is 0 Å². The Morgan fingerprint density at radius 3 is 2.39 bits per heavy atom. The normalized spacial score (nSPS) is 12.9. The number of aromatic nitrogens is 2. The van der Waals surface area contributed by atoms with Gasteiger partial charge in [0.05, 0.1) is 0 Å². The molecule has 0 bridgehead atoms. The summed E-state index contributed by atoms with van der Waals surface area (Å²) in [6.45, 7) is 6.19. The van der Waals surface area contributed by atoms with Crippen LogP contribution in [0.5, 0.6) is 0 Å². The van der Waals surface area contributed by atoms with E-state index < -0.39 is 0 Å². The van der Waals surface area contributed by atoms with Crippen LogP contribution in [0, 0.1) is 0 Å². The maximum absolute atomic E-state index is 5.67. The van der Waals surface area contributed by atoms with Crippen LogP contribution in [0.1, 0.15) is 49.9 Å². The van der Waals surface area contributed by atoms with E-state index in [-0.39, 0.29) is 11.8 Å². The molecule has 2 rings (SSSR count). The smallest absolute Gasteiger partial charge is 0.229 e. The van der Waals surface area contributed by atoms with E-state index in [9.17, 15) is 0 Å². The van der Waals surface area contributed by atoms with E-state index in [1.165, 1.54) is 5.56 Å². The number of nitrogen functional groups attached to an aromatic ring is 1. The molecule has 0 saturated heterocycles. The number of benzene rings is 1. The third-order valence-corrected chi connectivity index (χ3v) is 2.91. The number of anilines is 1. The van der Waals surface area contributed by atoms with Crippen LogP contribution in [0.2, 0.25) is 0 Å². The average Bonchev–Trinajstić information content (AvgIpc) is 2.81. The third-order valence-electron chi connectivity index (χ3n) is 2.91. The topological polar surface area (TPSA) is 64.9 Å². The van der Waals surface area contributed by atoms with Crippen LogP contribution in [0.4, 0.5) is 5.69 Å². The predicted molar refractivity (Wildman–Crippen MR) is 71.4 cm³/mol. The molecule has 0 saturated carbocycles. The predicted octanol–water partition coefficient (Wildman–Crippen LogP) is 3.12. The van der Waals surface area contributed by atoms with Crippen molar-refractivity contribution in [3.8, 4) is 0 Å². The van der Waals surface area contributed by atoms with Crippen molar-refractivity contribution in [3.63, 3.8) is 0 Å². The molecule has 2 N–H and O–H groups in total. The second-order valence-electron chi connectivity index (χ2n) is 4.99. The first-order valence-corrected chi connectivity index (χ1v) is 6.24. The minimum absolute atomic E-state index is 0.241. The molecule has 96 valence electrons. The van der Waals surface area contributed by atoms with Gasteiger partial charge in [-0.2, -0.15) is 4.98 Å². The van der Waals surface area contributed by atoms with Crippen molar-refractivity contribution in [2.75, 3.05) is 5.73 Å². The standard InChI is InChI=1S/C14H19N3O/c1-9(2)14-16-13(17-18-14)10(3)8-11-4-6-12(15)7-5-11/h4-7,9-10H,8,15H2,1-3H3. The molecule has 0 aliphatic heterocycles. The molecule has 1 unspecified atom stereocenters. The van der Waals surface area contributed by atoms with Gasteiger partial charge in [-0.15, -0.1) is 0 Å². The summed E-state index contributed by atoms with van der Waals surface area (Å²) in [4.78, 5) is 4.42. The molecule has 1 atom stereocenters. The van der Waals surface area contributed by atoms with Crippen molar-refractivity contribution in [1.29, 1.82) is 0 Å². The van der Waals surface area contributed by atoms with Crippen molar-refractivity contribution in [2.24, 2.45) is 0 Å². The lowest BCUT2D eigenvalue weighted by Crippen LogP contribution is -2.01. The van der Waals surface area contributed by atoms with Crippen molar-refractivity contribution in [2.45, 2.75) is 39.0 Å². The average molecular weight is 245 g/mol. The van der Waals surface area contributed by atoms with Crippen LogP contribution >= 0.6 is 0 Å². The molecule has 0 spiro atoms. The minimum atomic E-state index is 0.241. The summed E-state index contributed by atoms with van der Waals surface area (Å²) in [6, 6.07) is 7.90. The second-order valence-corrected chi connectivity index (χ2v) is 4.99. The quantitative estimate of drug-likeness (QED) is 0.840. The molecule has 1 heterocycles. The van der Waals surface area contributed by atoms with Crippen LogP contribution in [0.25, 0.3) is 0 Å². The van der Waals surface area contributed by atoms with E-state index in [0.29, 0.717) is 5.89 Å². The number of rotatable bonds is 4. The van der Waals surface area contributed by atoms with Crippen LogP contribution in [-0.2, 0) is 6.42 Å². The summed E-state index contributed by atoms with van der Waals surface area (Å²) in [7, 11) is 0. The van der Waals surface area contributed by atoms with Gasteiger partial charge in [0.25, 0.3) is 0 Å². The highest BCUT2D eigenvalue weighted by Gasteiger charge is 2.15. The summed E-state index contributed by atoms with van der Waals surface area (Å²) in [6.07, 6.45) is 0.886. The number of nitrogens with zero attached hydrogens (tertiary/aromatic N) is 2. The Labute approximate surface area is 107 Å². The van der Waals surface area contributed by atoms with Gasteiger partial charge in [-0.3, -0.25) is 0 Å². The summed E-state index contributed by atoms with van der Waals surface area (Å²) >= 11 is 0. The van der Waals surface area contributed by atoms with Crippen molar-refractivity contribution in [3.05, 3.63) is 41.5 Å². The van der Waals surface area contributed by atoms with E-state index in [0.717, 1.165) is 17.9 Å². The van der Waals surface area contributed by atoms with Gasteiger partial charge in [-0.25, -0.2) is 0 Å². The SMILES string of the molecule is CC(C)c1nc(C(C)Cc2ccc(N)cc2)no1. The van der Waals surface area contributed by atoms with Crippen molar-refractivity contribution in [1.82, 2.24) is 10.1 Å². The highest BCUT2D eigenvalue weighted by molar-refractivity contribution is 5.39. The van der Waals surface area contributed by atoms with Crippen molar-refractivity contribution < 1.29 is 4.52 Å². The zero-order valence-electron chi connectivity index (χ0n) is 11.1. The molecule has 1 aromatic heterocycles. The van der Waals surface area contributed by atoms with Gasteiger partial charge in [-0.05, 0) is 24.1 Å². The molecule has 0 aliphatic carbocycles. The largest absolute Gasteiger partial charge is 0.399 e.